The van der Waals surface area contributed by atoms with Gasteiger partial charge in [0, 0.05) is 17.8 Å². The highest BCUT2D eigenvalue weighted by Crippen LogP contribution is 2.35. The lowest BCUT2D eigenvalue weighted by atomic mass is 9.86. The van der Waals surface area contributed by atoms with Crippen molar-refractivity contribution >= 4 is 11.0 Å². The summed E-state index contributed by atoms with van der Waals surface area (Å²) in [5.41, 5.74) is 8.88. The highest BCUT2D eigenvalue weighted by molar-refractivity contribution is 5.80. The van der Waals surface area contributed by atoms with Crippen molar-refractivity contribution in [3.05, 3.63) is 29.5 Å². The number of aromatic nitrogens is 1. The van der Waals surface area contributed by atoms with Crippen molar-refractivity contribution in [3.8, 4) is 0 Å². The summed E-state index contributed by atoms with van der Waals surface area (Å²) in [4.78, 5) is 0. The molecule has 1 saturated carbocycles. The monoisotopic (exact) mass is 230 g/mol. The Hall–Kier alpha value is -1.35. The summed E-state index contributed by atoms with van der Waals surface area (Å²) in [5, 5.41) is 5.45. The Kier molecular flexibility index (Phi) is 2.85. The fourth-order valence-electron chi connectivity index (χ4n) is 2.80. The van der Waals surface area contributed by atoms with Gasteiger partial charge < -0.3 is 10.3 Å². The van der Waals surface area contributed by atoms with Gasteiger partial charge in [-0.2, -0.15) is 0 Å². The number of nitrogens with zero attached hydrogens (tertiary/aromatic N) is 1. The van der Waals surface area contributed by atoms with Gasteiger partial charge in [-0.15, -0.1) is 0 Å². The van der Waals surface area contributed by atoms with Crippen molar-refractivity contribution in [3.63, 3.8) is 0 Å². The molecule has 1 aromatic carbocycles. The van der Waals surface area contributed by atoms with Crippen LogP contribution in [0.5, 0.6) is 0 Å². The molecule has 90 valence electrons. The van der Waals surface area contributed by atoms with Crippen LogP contribution in [0.3, 0.4) is 0 Å². The van der Waals surface area contributed by atoms with Gasteiger partial charge in [-0.25, -0.2) is 0 Å². The Bertz CT molecular complexity index is 512. The topological polar surface area (TPSA) is 52.0 Å². The van der Waals surface area contributed by atoms with Gasteiger partial charge in [0.25, 0.3) is 0 Å². The molecule has 0 atom stereocenters. The predicted molar refractivity (Wildman–Crippen MR) is 67.7 cm³/mol. The van der Waals surface area contributed by atoms with E-state index in [0.717, 1.165) is 16.8 Å². The van der Waals surface area contributed by atoms with Crippen molar-refractivity contribution < 1.29 is 4.52 Å². The molecular weight excluding hydrogens is 212 g/mol. The summed E-state index contributed by atoms with van der Waals surface area (Å²) < 4.78 is 5.41. The number of nitrogens with two attached hydrogens (primary N) is 1. The van der Waals surface area contributed by atoms with Crippen LogP contribution in [-0.2, 0) is 6.54 Å². The summed E-state index contributed by atoms with van der Waals surface area (Å²) in [6.07, 6.45) is 6.48. The average molecular weight is 230 g/mol. The molecular formula is C14H18N2O. The zero-order chi connectivity index (χ0) is 11.7. The summed E-state index contributed by atoms with van der Waals surface area (Å²) >= 11 is 0. The first-order valence-corrected chi connectivity index (χ1v) is 6.47. The Morgan fingerprint density at radius 3 is 2.82 bits per heavy atom. The van der Waals surface area contributed by atoms with Crippen LogP contribution in [0.4, 0.5) is 0 Å². The zero-order valence-corrected chi connectivity index (χ0v) is 9.98. The van der Waals surface area contributed by atoms with Crippen molar-refractivity contribution in [1.29, 1.82) is 0 Å². The normalized spacial score (nSPS) is 17.7. The van der Waals surface area contributed by atoms with Crippen LogP contribution >= 0.6 is 0 Å². The lowest BCUT2D eigenvalue weighted by molar-refractivity contribution is 0.396. The van der Waals surface area contributed by atoms with Crippen LogP contribution < -0.4 is 5.73 Å². The Morgan fingerprint density at radius 1 is 1.24 bits per heavy atom. The molecule has 2 aromatic rings. The van der Waals surface area contributed by atoms with Gasteiger partial charge in [0.15, 0.2) is 5.58 Å². The van der Waals surface area contributed by atoms with Crippen LogP contribution in [0, 0.1) is 0 Å². The first kappa shape index (κ1) is 10.8. The van der Waals surface area contributed by atoms with Gasteiger partial charge in [0.05, 0.1) is 5.69 Å². The first-order chi connectivity index (χ1) is 8.38. The minimum absolute atomic E-state index is 0.575. The highest BCUT2D eigenvalue weighted by atomic mass is 16.5. The van der Waals surface area contributed by atoms with Crippen molar-refractivity contribution in [2.24, 2.45) is 5.73 Å². The molecule has 0 bridgehead atoms. The van der Waals surface area contributed by atoms with Gasteiger partial charge in [-0.3, -0.25) is 0 Å². The second-order valence-electron chi connectivity index (χ2n) is 4.94. The Labute approximate surface area is 101 Å². The number of hydrogen-bond acceptors (Lipinski definition) is 3. The average Bonchev–Trinajstić information content (AvgIpc) is 2.82. The predicted octanol–water partition coefficient (Wildman–Crippen LogP) is 3.33. The van der Waals surface area contributed by atoms with Gasteiger partial charge in [0.2, 0.25) is 0 Å². The molecule has 0 radical (unpaired) electrons. The van der Waals surface area contributed by atoms with Crippen LogP contribution in [0.2, 0.25) is 0 Å². The second kappa shape index (κ2) is 4.49. The van der Waals surface area contributed by atoms with E-state index in [-0.39, 0.29) is 0 Å². The van der Waals surface area contributed by atoms with E-state index >= 15 is 0 Å². The smallest absolute Gasteiger partial charge is 0.167 e. The van der Waals surface area contributed by atoms with E-state index in [1.165, 1.54) is 37.5 Å². The molecule has 1 heterocycles. The minimum atomic E-state index is 0.575. The van der Waals surface area contributed by atoms with Gasteiger partial charge in [-0.1, -0.05) is 30.5 Å². The second-order valence-corrected chi connectivity index (χ2v) is 4.94. The number of hydrogen-bond donors (Lipinski definition) is 1. The summed E-state index contributed by atoms with van der Waals surface area (Å²) in [7, 11) is 0. The molecule has 0 saturated heterocycles. The molecule has 1 fully saturated rings. The fourth-order valence-corrected chi connectivity index (χ4v) is 2.80. The molecule has 0 amide bonds. The van der Waals surface area contributed by atoms with Crippen molar-refractivity contribution in [2.75, 3.05) is 0 Å². The standard InChI is InChI=1S/C14H18N2O/c15-9-10-6-7-13-12(8-10)14(16-17-13)11-4-2-1-3-5-11/h6-8,11H,1-5,9,15H2. The van der Waals surface area contributed by atoms with E-state index in [1.807, 2.05) is 12.1 Å². The maximum atomic E-state index is 5.69. The Morgan fingerprint density at radius 2 is 2.06 bits per heavy atom. The maximum Gasteiger partial charge on any atom is 0.167 e. The number of fused-ring (bicyclic) bond motifs is 1. The third kappa shape index (κ3) is 1.95. The molecule has 0 spiro atoms. The number of rotatable bonds is 2. The van der Waals surface area contributed by atoms with Crippen molar-refractivity contribution in [2.45, 2.75) is 44.6 Å². The molecule has 1 aliphatic carbocycles. The van der Waals surface area contributed by atoms with E-state index < -0.39 is 0 Å². The summed E-state index contributed by atoms with van der Waals surface area (Å²) in [6.45, 7) is 0.575. The lowest BCUT2D eigenvalue weighted by Crippen LogP contribution is -2.05. The first-order valence-electron chi connectivity index (χ1n) is 6.47. The summed E-state index contributed by atoms with van der Waals surface area (Å²) in [5.74, 6) is 0.582. The molecule has 3 rings (SSSR count). The SMILES string of the molecule is NCc1ccc2onc(C3CCCCC3)c2c1. The fraction of sp³-hybridized carbons (Fsp3) is 0.500. The third-order valence-electron chi connectivity index (χ3n) is 3.79. The molecule has 1 aromatic heterocycles. The van der Waals surface area contributed by atoms with E-state index in [1.54, 1.807) is 0 Å². The zero-order valence-electron chi connectivity index (χ0n) is 9.98. The highest BCUT2D eigenvalue weighted by Gasteiger charge is 2.21. The molecule has 3 heteroatoms. The van der Waals surface area contributed by atoms with Crippen LogP contribution in [0.25, 0.3) is 11.0 Å². The molecule has 3 nitrogen and oxygen atoms in total. The molecule has 1 aliphatic rings. The van der Waals surface area contributed by atoms with Crippen LogP contribution in [0.15, 0.2) is 22.7 Å². The lowest BCUT2D eigenvalue weighted by Gasteiger charge is -2.19. The third-order valence-corrected chi connectivity index (χ3v) is 3.79. The van der Waals surface area contributed by atoms with Gasteiger partial charge >= 0.3 is 0 Å². The number of benzene rings is 1. The largest absolute Gasteiger partial charge is 0.356 e. The molecule has 17 heavy (non-hydrogen) atoms. The molecule has 0 aliphatic heterocycles. The Balaban J connectivity index is 2.02. The quantitative estimate of drug-likeness (QED) is 0.860. The van der Waals surface area contributed by atoms with Gasteiger partial charge in [-0.05, 0) is 30.5 Å². The van der Waals surface area contributed by atoms with Crippen molar-refractivity contribution in [1.82, 2.24) is 5.16 Å². The minimum Gasteiger partial charge on any atom is -0.356 e. The van der Waals surface area contributed by atoms with E-state index in [9.17, 15) is 0 Å². The van der Waals surface area contributed by atoms with Gasteiger partial charge in [0.1, 0.15) is 0 Å². The maximum absolute atomic E-state index is 5.69. The van der Waals surface area contributed by atoms with E-state index in [2.05, 4.69) is 11.2 Å². The van der Waals surface area contributed by atoms with Crippen LogP contribution in [0.1, 0.15) is 49.3 Å². The van der Waals surface area contributed by atoms with Crippen LogP contribution in [-0.4, -0.2) is 5.16 Å². The van der Waals surface area contributed by atoms with E-state index in [4.69, 9.17) is 10.3 Å². The molecule has 2 N–H and O–H groups in total. The molecule has 0 unspecified atom stereocenters. The summed E-state index contributed by atoms with van der Waals surface area (Å²) in [6, 6.07) is 6.13. The van der Waals surface area contributed by atoms with E-state index in [0.29, 0.717) is 12.5 Å².